The van der Waals surface area contributed by atoms with Crippen LogP contribution in [-0.4, -0.2) is 41.2 Å². The summed E-state index contributed by atoms with van der Waals surface area (Å²) in [4.78, 5) is 33.4. The Hall–Kier alpha value is -4.86. The van der Waals surface area contributed by atoms with Gasteiger partial charge < -0.3 is 10.6 Å². The van der Waals surface area contributed by atoms with Crippen molar-refractivity contribution in [2.45, 2.75) is 20.4 Å². The fourth-order valence-electron chi connectivity index (χ4n) is 3.74. The molecule has 0 bridgehead atoms. The number of carbonyl (C=O) groups is 2. The molecule has 0 radical (unpaired) electrons. The van der Waals surface area contributed by atoms with Crippen LogP contribution in [0.5, 0.6) is 0 Å². The second-order valence-electron chi connectivity index (χ2n) is 7.97. The van der Waals surface area contributed by atoms with Crippen LogP contribution in [0.1, 0.15) is 28.7 Å². The minimum Gasteiger partial charge on any atom is -0.346 e. The van der Waals surface area contributed by atoms with Crippen LogP contribution in [0.3, 0.4) is 0 Å². The van der Waals surface area contributed by atoms with E-state index in [0.29, 0.717) is 22.8 Å². The molecule has 4 aromatic heterocycles. The summed E-state index contributed by atoms with van der Waals surface area (Å²) in [7, 11) is 0. The minimum atomic E-state index is -0.350. The zero-order valence-electron chi connectivity index (χ0n) is 19.1. The Morgan fingerprint density at radius 2 is 1.89 bits per heavy atom. The lowest BCUT2D eigenvalue weighted by Gasteiger charge is -2.10. The normalized spacial score (nSPS) is 10.9. The van der Waals surface area contributed by atoms with Gasteiger partial charge in [-0.25, -0.2) is 19.2 Å². The number of hydrogen-bond acceptors (Lipinski definition) is 6. The van der Waals surface area contributed by atoms with E-state index in [0.717, 1.165) is 16.8 Å². The molecule has 5 rings (SSSR count). The van der Waals surface area contributed by atoms with Crippen LogP contribution in [0.2, 0.25) is 0 Å². The number of carbonyl (C=O) groups excluding carboxylic acids is 2. The van der Waals surface area contributed by atoms with Gasteiger partial charge in [-0.2, -0.15) is 10.2 Å². The number of pyridine rings is 2. The van der Waals surface area contributed by atoms with Gasteiger partial charge in [0.25, 0.3) is 5.91 Å². The number of aromatic nitrogens is 6. The van der Waals surface area contributed by atoms with Crippen molar-refractivity contribution in [1.82, 2.24) is 34.7 Å². The van der Waals surface area contributed by atoms with E-state index in [1.807, 2.05) is 61.7 Å². The lowest BCUT2D eigenvalue weighted by atomic mass is 10.1. The first-order valence-corrected chi connectivity index (χ1v) is 11.0. The van der Waals surface area contributed by atoms with E-state index in [9.17, 15) is 9.59 Å². The predicted octanol–water partition coefficient (Wildman–Crippen LogP) is 3.17. The zero-order valence-corrected chi connectivity index (χ0v) is 19.1. The minimum absolute atomic E-state index is 0.179. The van der Waals surface area contributed by atoms with E-state index in [1.54, 1.807) is 21.3 Å². The van der Waals surface area contributed by atoms with E-state index < -0.39 is 0 Å². The number of hydrogen-bond donors (Lipinski definition) is 2. The summed E-state index contributed by atoms with van der Waals surface area (Å²) in [6.45, 7) is 3.57. The molecule has 0 saturated heterocycles. The molecular formula is C25H22N8O2. The largest absolute Gasteiger partial charge is 0.346 e. The number of aryl methyl sites for hydroxylation is 1. The Morgan fingerprint density at radius 3 is 2.71 bits per heavy atom. The predicted molar refractivity (Wildman–Crippen MR) is 130 cm³/mol. The summed E-state index contributed by atoms with van der Waals surface area (Å²) in [5, 5.41) is 14.5. The van der Waals surface area contributed by atoms with Gasteiger partial charge in [-0.1, -0.05) is 24.3 Å². The van der Waals surface area contributed by atoms with Gasteiger partial charge in [0.05, 0.1) is 5.69 Å². The summed E-state index contributed by atoms with van der Waals surface area (Å²) in [5.41, 5.74) is 4.70. The molecule has 2 N–H and O–H groups in total. The first-order chi connectivity index (χ1) is 17.0. The van der Waals surface area contributed by atoms with Crippen molar-refractivity contribution in [2.75, 3.05) is 5.32 Å². The molecule has 2 amide bonds. The van der Waals surface area contributed by atoms with Gasteiger partial charge in [0.2, 0.25) is 5.91 Å². The molecule has 1 aromatic carbocycles. The Labute approximate surface area is 200 Å². The van der Waals surface area contributed by atoms with Crippen LogP contribution < -0.4 is 10.6 Å². The average Bonchev–Trinajstić information content (AvgIpc) is 3.50. The number of benzene rings is 1. The topological polar surface area (TPSA) is 119 Å². The first-order valence-electron chi connectivity index (χ1n) is 11.0. The van der Waals surface area contributed by atoms with Gasteiger partial charge in [-0.3, -0.25) is 9.59 Å². The number of para-hydroxylation sites is 1. The first kappa shape index (κ1) is 22.0. The van der Waals surface area contributed by atoms with Crippen LogP contribution in [-0.2, 0) is 11.3 Å². The number of anilines is 1. The van der Waals surface area contributed by atoms with Crippen molar-refractivity contribution >= 4 is 23.1 Å². The molecule has 0 unspecified atom stereocenters. The average molecular weight is 467 g/mol. The molecule has 4 heterocycles. The Balaban J connectivity index is 1.48. The number of nitrogens with one attached hydrogen (secondary N) is 2. The highest BCUT2D eigenvalue weighted by Crippen LogP contribution is 2.24. The lowest BCUT2D eigenvalue weighted by Crippen LogP contribution is -2.24. The van der Waals surface area contributed by atoms with E-state index in [2.05, 4.69) is 30.8 Å². The Kier molecular flexibility index (Phi) is 5.76. The van der Waals surface area contributed by atoms with Gasteiger partial charge in [0, 0.05) is 36.6 Å². The third-order valence-corrected chi connectivity index (χ3v) is 5.37. The van der Waals surface area contributed by atoms with Gasteiger partial charge in [-0.15, -0.1) is 0 Å². The van der Waals surface area contributed by atoms with Crippen molar-refractivity contribution in [3.8, 4) is 17.1 Å². The molecule has 10 heteroatoms. The van der Waals surface area contributed by atoms with Gasteiger partial charge in [-0.05, 0) is 48.9 Å². The van der Waals surface area contributed by atoms with Crippen LogP contribution in [0.4, 0.5) is 5.69 Å². The fourth-order valence-corrected chi connectivity index (χ4v) is 3.74. The van der Waals surface area contributed by atoms with Crippen LogP contribution >= 0.6 is 0 Å². The van der Waals surface area contributed by atoms with Crippen LogP contribution in [0.25, 0.3) is 22.7 Å². The lowest BCUT2D eigenvalue weighted by molar-refractivity contribution is -0.114. The third kappa shape index (κ3) is 4.62. The summed E-state index contributed by atoms with van der Waals surface area (Å²) >= 11 is 0. The molecule has 0 atom stereocenters. The van der Waals surface area contributed by atoms with Crippen LogP contribution in [0.15, 0.2) is 73.2 Å². The summed E-state index contributed by atoms with van der Waals surface area (Å²) in [6.07, 6.45) is 3.31. The van der Waals surface area contributed by atoms with Gasteiger partial charge in [0.15, 0.2) is 17.2 Å². The Morgan fingerprint density at radius 1 is 1.03 bits per heavy atom. The maximum atomic E-state index is 13.1. The SMILES string of the molecule is CC(=O)Nc1ccccc1CNC(=O)c1cc(-c2ccc3ncnn3c2)n(-c2cccc(C)n2)n1. The van der Waals surface area contributed by atoms with Crippen molar-refractivity contribution < 1.29 is 9.59 Å². The molecule has 0 aliphatic carbocycles. The summed E-state index contributed by atoms with van der Waals surface area (Å²) in [6, 6.07) is 18.4. The number of amides is 2. The molecule has 174 valence electrons. The highest BCUT2D eigenvalue weighted by Gasteiger charge is 2.18. The number of rotatable bonds is 6. The van der Waals surface area contributed by atoms with Gasteiger partial charge >= 0.3 is 0 Å². The number of fused-ring (bicyclic) bond motifs is 1. The molecule has 35 heavy (non-hydrogen) atoms. The molecular weight excluding hydrogens is 444 g/mol. The number of nitrogens with zero attached hydrogens (tertiary/aromatic N) is 6. The third-order valence-electron chi connectivity index (χ3n) is 5.37. The molecule has 0 saturated carbocycles. The molecule has 0 spiro atoms. The Bertz CT molecular complexity index is 1550. The maximum Gasteiger partial charge on any atom is 0.272 e. The van der Waals surface area contributed by atoms with E-state index in [-0.39, 0.29) is 24.1 Å². The molecule has 0 aliphatic rings. The quantitative estimate of drug-likeness (QED) is 0.397. The second-order valence-corrected chi connectivity index (χ2v) is 7.97. The second kappa shape index (κ2) is 9.18. The smallest absolute Gasteiger partial charge is 0.272 e. The molecule has 0 fully saturated rings. The van der Waals surface area contributed by atoms with Crippen molar-refractivity contribution in [1.29, 1.82) is 0 Å². The van der Waals surface area contributed by atoms with Crippen molar-refractivity contribution in [3.05, 3.63) is 90.1 Å². The fraction of sp³-hybridized carbons (Fsp3) is 0.120. The zero-order chi connectivity index (χ0) is 24.4. The highest BCUT2D eigenvalue weighted by molar-refractivity contribution is 5.94. The van der Waals surface area contributed by atoms with E-state index >= 15 is 0 Å². The standard InChI is InChI=1S/C25H22N8O2/c1-16-6-5-9-24(29-16)33-22(19-10-11-23-27-15-28-32(23)14-19)12-21(31-33)25(35)26-13-18-7-3-4-8-20(18)30-17(2)34/h3-12,14-15H,13H2,1-2H3,(H,26,35)(H,30,34). The summed E-state index contributed by atoms with van der Waals surface area (Å²) < 4.78 is 3.31. The van der Waals surface area contributed by atoms with Crippen molar-refractivity contribution in [3.63, 3.8) is 0 Å². The van der Waals surface area contributed by atoms with Crippen LogP contribution in [0, 0.1) is 6.92 Å². The molecule has 10 nitrogen and oxygen atoms in total. The molecule has 5 aromatic rings. The highest BCUT2D eigenvalue weighted by atomic mass is 16.2. The van der Waals surface area contributed by atoms with E-state index in [4.69, 9.17) is 0 Å². The molecule has 0 aliphatic heterocycles. The van der Waals surface area contributed by atoms with E-state index in [1.165, 1.54) is 13.3 Å². The maximum absolute atomic E-state index is 13.1. The van der Waals surface area contributed by atoms with Gasteiger partial charge in [0.1, 0.15) is 6.33 Å². The van der Waals surface area contributed by atoms with Crippen molar-refractivity contribution in [2.24, 2.45) is 0 Å². The monoisotopic (exact) mass is 466 g/mol. The summed E-state index contributed by atoms with van der Waals surface area (Å²) in [5.74, 6) is 0.0630.